The lowest BCUT2D eigenvalue weighted by atomic mass is 9.97. The van der Waals surface area contributed by atoms with Crippen LogP contribution >= 0.6 is 0 Å². The van der Waals surface area contributed by atoms with E-state index in [2.05, 4.69) is 6.92 Å². The SMILES string of the molecule is CCCCCCCCCCCCCCC[C@H](O)C[C@H](O)C[C@@H](O)C[C@H]1CC=CC(=O)O1. The molecule has 1 rings (SSSR count). The molecule has 4 atom stereocenters. The van der Waals surface area contributed by atoms with Crippen molar-refractivity contribution in [2.75, 3.05) is 0 Å². The van der Waals surface area contributed by atoms with Gasteiger partial charge in [-0.05, 0) is 19.3 Å². The number of carbonyl (C=O) groups excluding carboxylic acids is 1. The van der Waals surface area contributed by atoms with Crippen LogP contribution in [0.5, 0.6) is 0 Å². The van der Waals surface area contributed by atoms with Crippen LogP contribution in [-0.2, 0) is 9.53 Å². The van der Waals surface area contributed by atoms with Gasteiger partial charge in [0.15, 0.2) is 0 Å². The third-order valence-corrected chi connectivity index (χ3v) is 6.20. The Hall–Kier alpha value is -0.910. The van der Waals surface area contributed by atoms with Crippen LogP contribution in [0.2, 0.25) is 0 Å². The summed E-state index contributed by atoms with van der Waals surface area (Å²) in [5.74, 6) is -0.378. The molecule has 0 aliphatic carbocycles. The Labute approximate surface area is 190 Å². The zero-order valence-corrected chi connectivity index (χ0v) is 19.9. The van der Waals surface area contributed by atoms with Crippen molar-refractivity contribution in [3.05, 3.63) is 12.2 Å². The second kappa shape index (κ2) is 18.6. The first-order valence-electron chi connectivity index (χ1n) is 12.9. The molecule has 0 aromatic heterocycles. The number of carbonyl (C=O) groups is 1. The highest BCUT2D eigenvalue weighted by Crippen LogP contribution is 2.19. The molecule has 5 heteroatoms. The lowest BCUT2D eigenvalue weighted by Gasteiger charge is -2.23. The molecular weight excluding hydrogens is 392 g/mol. The van der Waals surface area contributed by atoms with Gasteiger partial charge in [-0.3, -0.25) is 0 Å². The first-order chi connectivity index (χ1) is 15.0. The van der Waals surface area contributed by atoms with Crippen LogP contribution in [0.15, 0.2) is 12.2 Å². The van der Waals surface area contributed by atoms with E-state index >= 15 is 0 Å². The molecule has 0 spiro atoms. The normalized spacial score (nSPS) is 19.2. The zero-order valence-electron chi connectivity index (χ0n) is 19.9. The molecule has 1 aliphatic heterocycles. The maximum absolute atomic E-state index is 11.2. The summed E-state index contributed by atoms with van der Waals surface area (Å²) in [6.07, 6.45) is 19.9. The highest BCUT2D eigenvalue weighted by atomic mass is 16.5. The maximum atomic E-state index is 11.2. The molecule has 0 saturated heterocycles. The molecule has 5 nitrogen and oxygen atoms in total. The fourth-order valence-corrected chi connectivity index (χ4v) is 4.35. The van der Waals surface area contributed by atoms with Gasteiger partial charge in [-0.15, -0.1) is 0 Å². The van der Waals surface area contributed by atoms with E-state index in [1.807, 2.05) is 0 Å². The fourth-order valence-electron chi connectivity index (χ4n) is 4.35. The van der Waals surface area contributed by atoms with E-state index in [0.717, 1.165) is 12.8 Å². The highest BCUT2D eigenvalue weighted by Gasteiger charge is 2.22. The van der Waals surface area contributed by atoms with Gasteiger partial charge in [0.05, 0.1) is 18.3 Å². The van der Waals surface area contributed by atoms with Crippen molar-refractivity contribution in [1.82, 2.24) is 0 Å². The van der Waals surface area contributed by atoms with Crippen LogP contribution in [0.1, 0.15) is 122 Å². The van der Waals surface area contributed by atoms with E-state index in [1.165, 1.54) is 76.7 Å². The van der Waals surface area contributed by atoms with Crippen molar-refractivity contribution in [1.29, 1.82) is 0 Å². The van der Waals surface area contributed by atoms with Gasteiger partial charge in [0.25, 0.3) is 0 Å². The smallest absolute Gasteiger partial charge is 0.330 e. The number of aliphatic hydroxyl groups is 3. The van der Waals surface area contributed by atoms with Crippen LogP contribution in [0, 0.1) is 0 Å². The van der Waals surface area contributed by atoms with Crippen LogP contribution in [-0.4, -0.2) is 45.7 Å². The second-order valence-electron chi connectivity index (χ2n) is 9.40. The number of hydrogen-bond acceptors (Lipinski definition) is 5. The van der Waals surface area contributed by atoms with E-state index in [9.17, 15) is 20.1 Å². The molecule has 182 valence electrons. The molecule has 0 saturated carbocycles. The first kappa shape index (κ1) is 28.1. The van der Waals surface area contributed by atoms with E-state index in [-0.39, 0.29) is 18.5 Å². The Bertz CT molecular complexity index is 465. The predicted octanol–water partition coefficient (Wildman–Crippen LogP) is 5.59. The Morgan fingerprint density at radius 2 is 1.32 bits per heavy atom. The van der Waals surface area contributed by atoms with Crippen molar-refractivity contribution >= 4 is 5.97 Å². The quantitative estimate of drug-likeness (QED) is 0.170. The summed E-state index contributed by atoms with van der Waals surface area (Å²) in [5, 5.41) is 30.4. The highest BCUT2D eigenvalue weighted by molar-refractivity contribution is 5.82. The number of aliphatic hydroxyl groups excluding tert-OH is 3. The molecule has 0 amide bonds. The number of rotatable bonds is 20. The predicted molar refractivity (Wildman–Crippen MR) is 126 cm³/mol. The summed E-state index contributed by atoms with van der Waals surface area (Å²) in [7, 11) is 0. The van der Waals surface area contributed by atoms with Crippen molar-refractivity contribution in [3.8, 4) is 0 Å². The minimum atomic E-state index is -0.734. The van der Waals surface area contributed by atoms with Crippen LogP contribution < -0.4 is 0 Å². The molecule has 1 heterocycles. The van der Waals surface area contributed by atoms with Crippen LogP contribution in [0.25, 0.3) is 0 Å². The molecule has 31 heavy (non-hydrogen) atoms. The molecular formula is C26H48O5. The molecule has 1 aliphatic rings. The van der Waals surface area contributed by atoms with Crippen LogP contribution in [0.4, 0.5) is 0 Å². The lowest BCUT2D eigenvalue weighted by Crippen LogP contribution is -2.28. The van der Waals surface area contributed by atoms with E-state index in [4.69, 9.17) is 4.74 Å². The molecule has 3 N–H and O–H groups in total. The zero-order chi connectivity index (χ0) is 22.7. The van der Waals surface area contributed by atoms with Gasteiger partial charge in [-0.1, -0.05) is 96.5 Å². The largest absolute Gasteiger partial charge is 0.459 e. The van der Waals surface area contributed by atoms with E-state index < -0.39 is 18.3 Å². The minimum absolute atomic E-state index is 0.202. The maximum Gasteiger partial charge on any atom is 0.330 e. The fraction of sp³-hybridized carbons (Fsp3) is 0.885. The molecule has 0 aromatic carbocycles. The lowest BCUT2D eigenvalue weighted by molar-refractivity contribution is -0.145. The van der Waals surface area contributed by atoms with Crippen molar-refractivity contribution in [2.45, 2.75) is 147 Å². The van der Waals surface area contributed by atoms with Gasteiger partial charge >= 0.3 is 5.97 Å². The average Bonchev–Trinajstić information content (AvgIpc) is 2.71. The summed E-state index contributed by atoms with van der Waals surface area (Å²) < 4.78 is 5.13. The molecule has 0 bridgehead atoms. The monoisotopic (exact) mass is 440 g/mol. The minimum Gasteiger partial charge on any atom is -0.459 e. The Morgan fingerprint density at radius 3 is 1.87 bits per heavy atom. The number of hydrogen-bond donors (Lipinski definition) is 3. The topological polar surface area (TPSA) is 87.0 Å². The van der Waals surface area contributed by atoms with Gasteiger partial charge in [0, 0.05) is 18.9 Å². The van der Waals surface area contributed by atoms with E-state index in [0.29, 0.717) is 25.7 Å². The number of cyclic esters (lactones) is 1. The summed E-state index contributed by atoms with van der Waals surface area (Å²) >= 11 is 0. The summed E-state index contributed by atoms with van der Waals surface area (Å²) in [6.45, 7) is 2.26. The first-order valence-corrected chi connectivity index (χ1v) is 12.9. The number of ether oxygens (including phenoxy) is 1. The third kappa shape index (κ3) is 16.4. The third-order valence-electron chi connectivity index (χ3n) is 6.20. The van der Waals surface area contributed by atoms with E-state index in [1.54, 1.807) is 6.08 Å². The summed E-state index contributed by atoms with van der Waals surface area (Å²) in [5.41, 5.74) is 0. The van der Waals surface area contributed by atoms with Gasteiger partial charge < -0.3 is 20.1 Å². The van der Waals surface area contributed by atoms with Gasteiger partial charge in [0.2, 0.25) is 0 Å². The number of esters is 1. The molecule has 0 aromatic rings. The standard InChI is InChI=1S/C26H48O5/c1-2-3-4-5-6-7-8-9-10-11-12-13-14-16-22(27)19-23(28)20-24(29)21-25-17-15-18-26(30)31-25/h15,18,22-25,27-29H,2-14,16-17,19-21H2,1H3/t22-,23-,24+,25+/m0/s1. The Morgan fingerprint density at radius 1 is 0.806 bits per heavy atom. The number of unbranched alkanes of at least 4 members (excludes halogenated alkanes) is 12. The molecule has 0 unspecified atom stereocenters. The van der Waals surface area contributed by atoms with Crippen LogP contribution in [0.3, 0.4) is 0 Å². The summed E-state index contributed by atoms with van der Waals surface area (Å²) in [6, 6.07) is 0. The van der Waals surface area contributed by atoms with Gasteiger partial charge in [0.1, 0.15) is 6.10 Å². The van der Waals surface area contributed by atoms with Crippen molar-refractivity contribution in [3.63, 3.8) is 0 Å². The molecule has 0 fully saturated rings. The van der Waals surface area contributed by atoms with Gasteiger partial charge in [-0.25, -0.2) is 4.79 Å². The summed E-state index contributed by atoms with van der Waals surface area (Å²) in [4.78, 5) is 11.2. The molecule has 0 radical (unpaired) electrons. The van der Waals surface area contributed by atoms with Gasteiger partial charge in [-0.2, -0.15) is 0 Å². The van der Waals surface area contributed by atoms with Crippen molar-refractivity contribution < 1.29 is 24.9 Å². The Kier molecular flexibility index (Phi) is 16.9. The average molecular weight is 441 g/mol. The van der Waals surface area contributed by atoms with Crippen molar-refractivity contribution in [2.24, 2.45) is 0 Å². The Balaban J connectivity index is 1.91. The second-order valence-corrected chi connectivity index (χ2v) is 9.40.